The lowest BCUT2D eigenvalue weighted by Crippen LogP contribution is -2.21. The Hall–Kier alpha value is -0.260. The molecular formula is C9H20O8S2. The molecule has 0 aliphatic heterocycles. The molecule has 0 bridgehead atoms. The van der Waals surface area contributed by atoms with Gasteiger partial charge in [-0.25, -0.2) is 8.37 Å². The zero-order valence-corrected chi connectivity index (χ0v) is 13.0. The van der Waals surface area contributed by atoms with Crippen molar-refractivity contribution in [1.82, 2.24) is 0 Å². The van der Waals surface area contributed by atoms with Gasteiger partial charge in [-0.1, -0.05) is 0 Å². The molecule has 0 aromatic carbocycles. The van der Waals surface area contributed by atoms with E-state index in [4.69, 9.17) is 9.47 Å². The van der Waals surface area contributed by atoms with Crippen LogP contribution >= 0.6 is 0 Å². The van der Waals surface area contributed by atoms with Crippen LogP contribution in [0.15, 0.2) is 0 Å². The van der Waals surface area contributed by atoms with Crippen molar-refractivity contribution in [3.05, 3.63) is 0 Å². The molecule has 19 heavy (non-hydrogen) atoms. The molecule has 0 fully saturated rings. The molecule has 0 amide bonds. The molecule has 8 nitrogen and oxygen atoms in total. The van der Waals surface area contributed by atoms with Crippen molar-refractivity contribution in [3.63, 3.8) is 0 Å². The summed E-state index contributed by atoms with van der Waals surface area (Å²) in [7, 11) is -7.97. The summed E-state index contributed by atoms with van der Waals surface area (Å²) < 4.78 is 63.2. The van der Waals surface area contributed by atoms with Crippen LogP contribution in [0.25, 0.3) is 0 Å². The second-order valence-electron chi connectivity index (χ2n) is 4.14. The first-order valence-corrected chi connectivity index (χ1v) is 8.67. The Balaban J connectivity index is 4.07. The zero-order chi connectivity index (χ0) is 15.1. The molecule has 0 spiro atoms. The maximum absolute atomic E-state index is 11.2. The van der Waals surface area contributed by atoms with Gasteiger partial charge < -0.3 is 9.47 Å². The Morgan fingerprint density at radius 3 is 1.32 bits per heavy atom. The van der Waals surface area contributed by atoms with E-state index in [0.717, 1.165) is 0 Å². The van der Waals surface area contributed by atoms with Crippen LogP contribution in [0.4, 0.5) is 0 Å². The van der Waals surface area contributed by atoms with Crippen LogP contribution in [-0.2, 0) is 38.1 Å². The molecule has 116 valence electrons. The predicted molar refractivity (Wildman–Crippen MR) is 67.1 cm³/mol. The number of hydrogen-bond acceptors (Lipinski definition) is 8. The van der Waals surface area contributed by atoms with Crippen molar-refractivity contribution in [2.45, 2.75) is 39.9 Å². The zero-order valence-electron chi connectivity index (χ0n) is 11.4. The SMILES string of the molecule is CC(C)OCS(=O)(=O)OCOS(=O)(=O)COC(C)C. The van der Waals surface area contributed by atoms with Crippen molar-refractivity contribution in [1.29, 1.82) is 0 Å². The molecule has 0 saturated carbocycles. The van der Waals surface area contributed by atoms with Crippen LogP contribution in [0.2, 0.25) is 0 Å². The second-order valence-corrected chi connectivity index (χ2v) is 7.31. The summed E-state index contributed by atoms with van der Waals surface area (Å²) in [6.45, 7) is 5.67. The van der Waals surface area contributed by atoms with Crippen molar-refractivity contribution in [2.75, 3.05) is 18.7 Å². The minimum Gasteiger partial charge on any atom is -0.360 e. The first-order valence-electron chi connectivity index (χ1n) is 5.51. The van der Waals surface area contributed by atoms with Crippen molar-refractivity contribution in [2.24, 2.45) is 0 Å². The molecular weight excluding hydrogens is 300 g/mol. The second kappa shape index (κ2) is 8.12. The van der Waals surface area contributed by atoms with E-state index in [0.29, 0.717) is 0 Å². The van der Waals surface area contributed by atoms with Gasteiger partial charge in [-0.2, -0.15) is 16.8 Å². The Labute approximate surface area is 114 Å². The molecule has 0 aliphatic carbocycles. The van der Waals surface area contributed by atoms with Crippen LogP contribution in [0.3, 0.4) is 0 Å². The highest BCUT2D eigenvalue weighted by atomic mass is 32.2. The summed E-state index contributed by atoms with van der Waals surface area (Å²) in [6, 6.07) is 0. The highest BCUT2D eigenvalue weighted by molar-refractivity contribution is 7.87. The number of ether oxygens (including phenoxy) is 2. The molecule has 0 atom stereocenters. The largest absolute Gasteiger partial charge is 0.360 e. The number of rotatable bonds is 10. The molecule has 0 radical (unpaired) electrons. The van der Waals surface area contributed by atoms with Crippen LogP contribution in [-0.4, -0.2) is 47.7 Å². The molecule has 0 unspecified atom stereocenters. The van der Waals surface area contributed by atoms with Crippen molar-refractivity contribution >= 4 is 20.2 Å². The van der Waals surface area contributed by atoms with Gasteiger partial charge in [-0.15, -0.1) is 0 Å². The minimum absolute atomic E-state index is 0.289. The summed E-state index contributed by atoms with van der Waals surface area (Å²) in [4.78, 5) is 0. The van der Waals surface area contributed by atoms with E-state index in [1.807, 2.05) is 0 Å². The fraction of sp³-hybridized carbons (Fsp3) is 1.00. The topological polar surface area (TPSA) is 105 Å². The summed E-state index contributed by atoms with van der Waals surface area (Å²) in [5, 5.41) is 0. The molecule has 0 saturated heterocycles. The average molecular weight is 320 g/mol. The van der Waals surface area contributed by atoms with E-state index in [9.17, 15) is 16.8 Å². The lowest BCUT2D eigenvalue weighted by molar-refractivity contribution is 0.0788. The molecule has 0 aromatic heterocycles. The number of hydrogen-bond donors (Lipinski definition) is 0. The van der Waals surface area contributed by atoms with Crippen LogP contribution in [0.1, 0.15) is 27.7 Å². The molecule has 0 N–H and O–H groups in total. The van der Waals surface area contributed by atoms with Crippen LogP contribution < -0.4 is 0 Å². The third-order valence-electron chi connectivity index (χ3n) is 1.55. The van der Waals surface area contributed by atoms with Gasteiger partial charge in [0.2, 0.25) is 0 Å². The van der Waals surface area contributed by atoms with E-state index in [-0.39, 0.29) is 12.2 Å². The molecule has 0 rings (SSSR count). The Bertz CT molecular complexity index is 395. The van der Waals surface area contributed by atoms with E-state index >= 15 is 0 Å². The predicted octanol–water partition coefficient (Wildman–Crippen LogP) is 0.402. The van der Waals surface area contributed by atoms with Gasteiger partial charge in [-0.3, -0.25) is 0 Å². The van der Waals surface area contributed by atoms with Crippen molar-refractivity contribution < 1.29 is 34.7 Å². The smallest absolute Gasteiger partial charge is 0.294 e. The molecule has 0 aliphatic rings. The lowest BCUT2D eigenvalue weighted by Gasteiger charge is -2.10. The van der Waals surface area contributed by atoms with Gasteiger partial charge in [0.05, 0.1) is 12.2 Å². The summed E-state index contributed by atoms with van der Waals surface area (Å²) in [6.07, 6.45) is -0.579. The Kier molecular flexibility index (Phi) is 8.01. The maximum Gasteiger partial charge on any atom is 0.294 e. The molecule has 10 heteroatoms. The molecule has 0 aromatic rings. The molecule has 0 heterocycles. The standard InChI is InChI=1S/C9H20O8S2/c1-8(2)14-6-18(10,11)16-5-17-19(12,13)7-15-9(3)4/h8-9H,5-7H2,1-4H3. The third-order valence-corrected chi connectivity index (χ3v) is 3.31. The van der Waals surface area contributed by atoms with Gasteiger partial charge in [0, 0.05) is 0 Å². The van der Waals surface area contributed by atoms with Gasteiger partial charge in [0.15, 0.2) is 18.7 Å². The Morgan fingerprint density at radius 2 is 1.05 bits per heavy atom. The quantitative estimate of drug-likeness (QED) is 0.421. The monoisotopic (exact) mass is 320 g/mol. The fourth-order valence-electron chi connectivity index (χ4n) is 0.673. The van der Waals surface area contributed by atoms with Crippen LogP contribution in [0, 0.1) is 0 Å². The maximum atomic E-state index is 11.2. The Morgan fingerprint density at radius 1 is 0.737 bits per heavy atom. The van der Waals surface area contributed by atoms with E-state index in [2.05, 4.69) is 8.37 Å². The first kappa shape index (κ1) is 18.7. The van der Waals surface area contributed by atoms with Crippen molar-refractivity contribution in [3.8, 4) is 0 Å². The fourth-order valence-corrected chi connectivity index (χ4v) is 2.14. The summed E-state index contributed by atoms with van der Waals surface area (Å²) >= 11 is 0. The summed E-state index contributed by atoms with van der Waals surface area (Å²) in [5.41, 5.74) is 0. The van der Waals surface area contributed by atoms with Crippen LogP contribution in [0.5, 0.6) is 0 Å². The highest BCUT2D eigenvalue weighted by Crippen LogP contribution is 2.02. The van der Waals surface area contributed by atoms with E-state index < -0.39 is 38.9 Å². The minimum atomic E-state index is -3.98. The highest BCUT2D eigenvalue weighted by Gasteiger charge is 2.17. The normalized spacial score (nSPS) is 13.4. The average Bonchev–Trinajstić information content (AvgIpc) is 2.23. The van der Waals surface area contributed by atoms with Gasteiger partial charge in [-0.05, 0) is 27.7 Å². The van der Waals surface area contributed by atoms with E-state index in [1.165, 1.54) is 0 Å². The van der Waals surface area contributed by atoms with E-state index in [1.54, 1.807) is 27.7 Å². The summed E-state index contributed by atoms with van der Waals surface area (Å²) in [5.74, 6) is -1.34. The first-order chi connectivity index (χ1) is 8.54. The van der Waals surface area contributed by atoms with Gasteiger partial charge in [0.25, 0.3) is 20.2 Å². The van der Waals surface area contributed by atoms with Gasteiger partial charge >= 0.3 is 0 Å². The third kappa shape index (κ3) is 11.3. The van der Waals surface area contributed by atoms with Gasteiger partial charge in [0.1, 0.15) is 0 Å². The lowest BCUT2D eigenvalue weighted by atomic mass is 10.5.